The molecule has 2 aromatic heterocycles. The highest BCUT2D eigenvalue weighted by Gasteiger charge is 2.45. The first-order chi connectivity index (χ1) is 15.4. The second-order valence-electron chi connectivity index (χ2n) is 8.62. The molecule has 1 aromatic carbocycles. The summed E-state index contributed by atoms with van der Waals surface area (Å²) in [7, 11) is 0. The van der Waals surface area contributed by atoms with Gasteiger partial charge in [0.2, 0.25) is 0 Å². The molecule has 2 aliphatic heterocycles. The largest absolute Gasteiger partial charge is 0.380 e. The van der Waals surface area contributed by atoms with Crippen LogP contribution in [0.5, 0.6) is 0 Å². The van der Waals surface area contributed by atoms with Crippen LogP contribution in [0.3, 0.4) is 0 Å². The predicted molar refractivity (Wildman–Crippen MR) is 123 cm³/mol. The summed E-state index contributed by atoms with van der Waals surface area (Å²) in [6, 6.07) is 13.5. The molecule has 0 bridgehead atoms. The fraction of sp³-hybridized carbons (Fsp3) is 0.333. The molecule has 32 heavy (non-hydrogen) atoms. The molecule has 0 unspecified atom stereocenters. The minimum absolute atomic E-state index is 0.131. The fourth-order valence-corrected chi connectivity index (χ4v) is 5.34. The Balaban J connectivity index is 1.49. The number of carbonyl (C=O) groups excluding carboxylic acids is 1. The number of ether oxygens (including phenoxy) is 1. The lowest BCUT2D eigenvalue weighted by molar-refractivity contribution is -0.103. The van der Waals surface area contributed by atoms with Crippen LogP contribution in [0.2, 0.25) is 0 Å². The molecule has 0 aliphatic carbocycles. The average molecular weight is 446 g/mol. The summed E-state index contributed by atoms with van der Waals surface area (Å²) in [4.78, 5) is 25.0. The van der Waals surface area contributed by atoms with E-state index in [-0.39, 0.29) is 11.4 Å². The van der Waals surface area contributed by atoms with E-state index in [1.807, 2.05) is 49.1 Å². The van der Waals surface area contributed by atoms with Gasteiger partial charge >= 0.3 is 6.03 Å². The maximum Gasteiger partial charge on any atom is 0.323 e. The van der Waals surface area contributed by atoms with Gasteiger partial charge in [0.1, 0.15) is 0 Å². The molecule has 4 heterocycles. The molecule has 2 fully saturated rings. The zero-order chi connectivity index (χ0) is 22.3. The molecular weight excluding hydrogens is 422 g/mol. The molecule has 0 saturated carbocycles. The van der Waals surface area contributed by atoms with Gasteiger partial charge in [-0.2, -0.15) is 5.26 Å². The van der Waals surface area contributed by atoms with Gasteiger partial charge in [-0.15, -0.1) is 0 Å². The fourth-order valence-electron chi connectivity index (χ4n) is 4.37. The van der Waals surface area contributed by atoms with Crippen LogP contribution in [0, 0.1) is 30.6 Å². The van der Waals surface area contributed by atoms with E-state index in [1.54, 1.807) is 6.07 Å². The van der Waals surface area contributed by atoms with Crippen LogP contribution in [0.15, 0.2) is 36.4 Å². The topological polar surface area (TPSA) is 91.1 Å². The Kier molecular flexibility index (Phi) is 5.16. The molecule has 162 valence electrons. The Bertz CT molecular complexity index is 1220. The molecule has 0 radical (unpaired) electrons. The lowest BCUT2D eigenvalue weighted by Crippen LogP contribution is -2.46. The number of aromatic nitrogens is 2. The Labute approximate surface area is 190 Å². The van der Waals surface area contributed by atoms with Gasteiger partial charge in [-0.1, -0.05) is 23.5 Å². The normalized spacial score (nSPS) is 16.6. The van der Waals surface area contributed by atoms with E-state index in [0.29, 0.717) is 10.7 Å². The van der Waals surface area contributed by atoms with E-state index < -0.39 is 0 Å². The van der Waals surface area contributed by atoms with Crippen molar-refractivity contribution in [2.24, 2.45) is 5.41 Å². The van der Waals surface area contributed by atoms with Crippen molar-refractivity contribution in [3.05, 3.63) is 53.3 Å². The summed E-state index contributed by atoms with van der Waals surface area (Å²) in [6.45, 7) is 6.84. The van der Waals surface area contributed by atoms with Crippen molar-refractivity contribution >= 4 is 22.5 Å². The molecule has 3 aromatic rings. The molecule has 7 nitrogen and oxygen atoms in total. The number of carbonyl (C=O) groups is 1. The molecule has 0 atom stereocenters. The third-order valence-electron chi connectivity index (χ3n) is 5.99. The number of likely N-dealkylation sites (tertiary alicyclic amines) is 1. The zero-order valence-electron chi connectivity index (χ0n) is 18.0. The van der Waals surface area contributed by atoms with Crippen molar-refractivity contribution in [2.75, 3.05) is 31.6 Å². The summed E-state index contributed by atoms with van der Waals surface area (Å²) in [6.07, 6.45) is 0.977. The Morgan fingerprint density at radius 2 is 1.97 bits per heavy atom. The Hall–Kier alpha value is -3.28. The van der Waals surface area contributed by atoms with Crippen LogP contribution < -0.4 is 5.32 Å². The number of benzene rings is 1. The number of urea groups is 1. The van der Waals surface area contributed by atoms with Crippen LogP contribution in [0.1, 0.15) is 23.4 Å². The number of hydrogen-bond donors (Lipinski definition) is 1. The number of amides is 2. The second kappa shape index (κ2) is 8.01. The highest BCUT2D eigenvalue weighted by molar-refractivity contribution is 7.19. The number of thiazole rings is 1. The number of nitrogens with zero attached hydrogens (tertiary/aromatic N) is 4. The number of rotatable bonds is 3. The maximum atomic E-state index is 12.9. The van der Waals surface area contributed by atoms with Gasteiger partial charge < -0.3 is 9.64 Å². The summed E-state index contributed by atoms with van der Waals surface area (Å²) in [5.74, 6) is 0. The van der Waals surface area contributed by atoms with Crippen molar-refractivity contribution in [3.63, 3.8) is 0 Å². The summed E-state index contributed by atoms with van der Waals surface area (Å²) < 4.78 is 5.36. The summed E-state index contributed by atoms with van der Waals surface area (Å²) >= 11 is 1.44. The van der Waals surface area contributed by atoms with Gasteiger partial charge in [0.05, 0.1) is 35.4 Å². The van der Waals surface area contributed by atoms with Gasteiger partial charge in [0.25, 0.3) is 0 Å². The van der Waals surface area contributed by atoms with Gasteiger partial charge in [0.15, 0.2) is 5.13 Å². The van der Waals surface area contributed by atoms with E-state index in [0.717, 1.165) is 65.8 Å². The lowest BCUT2D eigenvalue weighted by Gasteiger charge is -2.37. The van der Waals surface area contributed by atoms with Crippen molar-refractivity contribution < 1.29 is 9.53 Å². The van der Waals surface area contributed by atoms with E-state index in [9.17, 15) is 10.1 Å². The minimum Gasteiger partial charge on any atom is -0.380 e. The SMILES string of the molecule is Cc1cc(-c2sc(NC(=O)N3CCC4(COC4)C3)nc2-c2cccc(C#N)c2)cc(C)n1. The minimum atomic E-state index is -0.131. The Morgan fingerprint density at radius 1 is 1.19 bits per heavy atom. The average Bonchev–Trinajstić information content (AvgIpc) is 3.38. The quantitative estimate of drug-likeness (QED) is 0.635. The highest BCUT2D eigenvalue weighted by atomic mass is 32.1. The third-order valence-corrected chi connectivity index (χ3v) is 7.01. The van der Waals surface area contributed by atoms with Crippen molar-refractivity contribution in [1.29, 1.82) is 5.26 Å². The first-order valence-electron chi connectivity index (χ1n) is 10.6. The van der Waals surface area contributed by atoms with Crippen LogP contribution in [-0.4, -0.2) is 47.2 Å². The van der Waals surface area contributed by atoms with Gasteiger partial charge in [-0.25, -0.2) is 9.78 Å². The van der Waals surface area contributed by atoms with Crippen molar-refractivity contribution in [1.82, 2.24) is 14.9 Å². The van der Waals surface area contributed by atoms with E-state index >= 15 is 0 Å². The van der Waals surface area contributed by atoms with Crippen molar-refractivity contribution in [2.45, 2.75) is 20.3 Å². The molecular formula is C24H23N5O2S. The molecule has 1 spiro atoms. The zero-order valence-corrected chi connectivity index (χ0v) is 18.8. The smallest absolute Gasteiger partial charge is 0.323 e. The molecule has 1 N–H and O–H groups in total. The standard InChI is InChI=1S/C24H23N5O2S/c1-15-8-19(9-16(2)26-15)21-20(18-5-3-4-17(10-18)11-25)27-22(32-21)28-23(30)29-7-6-24(12-29)13-31-14-24/h3-5,8-10H,6-7,12-14H2,1-2H3,(H,27,28,30). The van der Waals surface area contributed by atoms with Crippen LogP contribution in [0.4, 0.5) is 9.93 Å². The molecule has 8 heteroatoms. The maximum absolute atomic E-state index is 12.9. The number of anilines is 1. The van der Waals surface area contributed by atoms with Crippen molar-refractivity contribution in [3.8, 4) is 27.8 Å². The lowest BCUT2D eigenvalue weighted by atomic mass is 9.85. The molecule has 5 rings (SSSR count). The number of hydrogen-bond acceptors (Lipinski definition) is 6. The second-order valence-corrected chi connectivity index (χ2v) is 9.62. The number of nitrogens with one attached hydrogen (secondary N) is 1. The first-order valence-corrected chi connectivity index (χ1v) is 11.4. The summed E-state index contributed by atoms with van der Waals surface area (Å²) in [5, 5.41) is 12.9. The Morgan fingerprint density at radius 3 is 2.62 bits per heavy atom. The van der Waals surface area contributed by atoms with Gasteiger partial charge in [-0.05, 0) is 50.1 Å². The highest BCUT2D eigenvalue weighted by Crippen LogP contribution is 2.41. The van der Waals surface area contributed by atoms with Gasteiger partial charge in [0, 0.05) is 35.5 Å². The van der Waals surface area contributed by atoms with E-state index in [2.05, 4.69) is 16.4 Å². The first kappa shape index (κ1) is 20.6. The molecule has 2 amide bonds. The van der Waals surface area contributed by atoms with Crippen LogP contribution in [-0.2, 0) is 4.74 Å². The van der Waals surface area contributed by atoms with Gasteiger partial charge in [-0.3, -0.25) is 10.3 Å². The molecule has 2 aliphatic rings. The third kappa shape index (κ3) is 3.85. The van der Waals surface area contributed by atoms with E-state index in [4.69, 9.17) is 9.72 Å². The predicted octanol–water partition coefficient (Wildman–Crippen LogP) is 4.61. The van der Waals surface area contributed by atoms with E-state index in [1.165, 1.54) is 11.3 Å². The molecule has 2 saturated heterocycles. The monoisotopic (exact) mass is 445 g/mol. The van der Waals surface area contributed by atoms with Crippen LogP contribution >= 0.6 is 11.3 Å². The number of aryl methyl sites for hydroxylation is 2. The van der Waals surface area contributed by atoms with Crippen LogP contribution in [0.25, 0.3) is 21.7 Å². The number of pyridine rings is 1. The number of nitriles is 1. The summed E-state index contributed by atoms with van der Waals surface area (Å²) in [5.41, 5.74) is 5.13.